The summed E-state index contributed by atoms with van der Waals surface area (Å²) in [6.45, 7) is 0.685. The lowest BCUT2D eigenvalue weighted by Crippen LogP contribution is -2.37. The smallest absolute Gasteiger partial charge is 0.315 e. The van der Waals surface area contributed by atoms with Crippen molar-refractivity contribution in [3.05, 3.63) is 95.8 Å². The highest BCUT2D eigenvalue weighted by Crippen LogP contribution is 2.30. The first-order valence-electron chi connectivity index (χ1n) is 9.06. The van der Waals surface area contributed by atoms with Crippen molar-refractivity contribution < 1.29 is 13.6 Å². The van der Waals surface area contributed by atoms with Gasteiger partial charge in [0, 0.05) is 29.6 Å². The quantitative estimate of drug-likeness (QED) is 0.462. The normalized spacial score (nSPS) is 12.0. The Morgan fingerprint density at radius 3 is 2.64 bits per heavy atom. The summed E-state index contributed by atoms with van der Waals surface area (Å²) in [5, 5.41) is 6.76. The first-order valence-corrected chi connectivity index (χ1v) is 9.06. The Morgan fingerprint density at radius 1 is 1.04 bits per heavy atom. The Bertz CT molecular complexity index is 1060. The summed E-state index contributed by atoms with van der Waals surface area (Å²) in [6, 6.07) is 17.7. The summed E-state index contributed by atoms with van der Waals surface area (Å²) in [7, 11) is 0. The zero-order valence-corrected chi connectivity index (χ0v) is 15.1. The van der Waals surface area contributed by atoms with Crippen LogP contribution in [0.3, 0.4) is 0 Å². The number of amides is 2. The number of H-pyrrole nitrogens is 1. The van der Waals surface area contributed by atoms with E-state index in [2.05, 4.69) is 15.6 Å². The molecule has 4 rings (SSSR count). The Kier molecular flexibility index (Phi) is 5.10. The van der Waals surface area contributed by atoms with Gasteiger partial charge >= 0.3 is 6.03 Å². The summed E-state index contributed by atoms with van der Waals surface area (Å²) in [5.41, 5.74) is 3.00. The number of aromatic nitrogens is 1. The SMILES string of the molecule is O=C(NCc1ccco1)NCC(c1ccc(F)cc1)c1c[nH]c2ccccc12. The average Bonchev–Trinajstić information content (AvgIpc) is 3.38. The number of para-hydroxylation sites is 1. The fraction of sp³-hybridized carbons (Fsp3) is 0.136. The summed E-state index contributed by atoms with van der Waals surface area (Å²) in [6.07, 6.45) is 3.51. The number of carbonyl (C=O) groups is 1. The van der Waals surface area contributed by atoms with Gasteiger partial charge in [0.05, 0.1) is 12.8 Å². The van der Waals surface area contributed by atoms with Gasteiger partial charge in [-0.25, -0.2) is 9.18 Å². The average molecular weight is 377 g/mol. The van der Waals surface area contributed by atoms with Gasteiger partial charge in [-0.15, -0.1) is 0 Å². The molecule has 3 N–H and O–H groups in total. The van der Waals surface area contributed by atoms with Crippen LogP contribution in [0.15, 0.2) is 77.5 Å². The zero-order valence-electron chi connectivity index (χ0n) is 15.1. The van der Waals surface area contributed by atoms with Crippen molar-refractivity contribution in [1.29, 1.82) is 0 Å². The first kappa shape index (κ1) is 17.9. The number of halogens is 1. The van der Waals surface area contributed by atoms with Crippen molar-refractivity contribution in [1.82, 2.24) is 15.6 Å². The highest BCUT2D eigenvalue weighted by Gasteiger charge is 2.19. The highest BCUT2D eigenvalue weighted by molar-refractivity contribution is 5.84. The Morgan fingerprint density at radius 2 is 1.86 bits per heavy atom. The molecule has 6 heteroatoms. The number of aromatic amines is 1. The van der Waals surface area contributed by atoms with E-state index in [1.807, 2.05) is 30.5 Å². The monoisotopic (exact) mass is 377 g/mol. The van der Waals surface area contributed by atoms with Gasteiger partial charge in [-0.05, 0) is 41.5 Å². The molecule has 0 aliphatic rings. The van der Waals surface area contributed by atoms with Crippen molar-refractivity contribution in [2.45, 2.75) is 12.5 Å². The number of carbonyl (C=O) groups excluding carboxylic acids is 1. The van der Waals surface area contributed by atoms with E-state index < -0.39 is 0 Å². The molecule has 2 aromatic carbocycles. The van der Waals surface area contributed by atoms with Crippen LogP contribution in [0.1, 0.15) is 22.8 Å². The van der Waals surface area contributed by atoms with Crippen molar-refractivity contribution in [2.75, 3.05) is 6.54 Å². The molecule has 0 fully saturated rings. The number of hydrogen-bond donors (Lipinski definition) is 3. The number of nitrogens with one attached hydrogen (secondary N) is 3. The van der Waals surface area contributed by atoms with Crippen molar-refractivity contribution >= 4 is 16.9 Å². The van der Waals surface area contributed by atoms with Gasteiger partial charge in [0.15, 0.2) is 0 Å². The zero-order chi connectivity index (χ0) is 19.3. The standard InChI is InChI=1S/C22H20FN3O2/c23-16-9-7-15(8-10-16)19(20-14-24-21-6-2-1-5-18(20)21)13-26-22(27)25-12-17-4-3-11-28-17/h1-11,14,19,24H,12-13H2,(H2,25,26,27). The van der Waals surface area contributed by atoms with E-state index in [1.165, 1.54) is 12.1 Å². The van der Waals surface area contributed by atoms with Crippen LogP contribution in [0.5, 0.6) is 0 Å². The third-order valence-corrected chi connectivity index (χ3v) is 4.74. The van der Waals surface area contributed by atoms with Crippen LogP contribution < -0.4 is 10.6 Å². The molecule has 1 atom stereocenters. The molecule has 0 saturated carbocycles. The number of urea groups is 1. The molecule has 0 radical (unpaired) electrons. The predicted molar refractivity (Wildman–Crippen MR) is 105 cm³/mol. The fourth-order valence-electron chi connectivity index (χ4n) is 3.32. The number of furan rings is 1. The maximum absolute atomic E-state index is 13.4. The van der Waals surface area contributed by atoms with Gasteiger partial charge in [0.1, 0.15) is 11.6 Å². The summed E-state index contributed by atoms with van der Waals surface area (Å²) in [5.74, 6) is 0.276. The van der Waals surface area contributed by atoms with Crippen molar-refractivity contribution in [3.63, 3.8) is 0 Å². The molecule has 0 bridgehead atoms. The largest absolute Gasteiger partial charge is 0.467 e. The number of rotatable bonds is 6. The minimum atomic E-state index is -0.289. The molecule has 1 unspecified atom stereocenters. The third kappa shape index (κ3) is 3.91. The van der Waals surface area contributed by atoms with Gasteiger partial charge in [-0.1, -0.05) is 30.3 Å². The van der Waals surface area contributed by atoms with Crippen LogP contribution in [-0.2, 0) is 6.54 Å². The van der Waals surface area contributed by atoms with Gasteiger partial charge in [-0.3, -0.25) is 0 Å². The number of benzene rings is 2. The van der Waals surface area contributed by atoms with Gasteiger partial charge < -0.3 is 20.0 Å². The van der Waals surface area contributed by atoms with E-state index in [4.69, 9.17) is 4.42 Å². The van der Waals surface area contributed by atoms with Crippen LogP contribution in [0.25, 0.3) is 10.9 Å². The summed E-state index contributed by atoms with van der Waals surface area (Å²) >= 11 is 0. The topological polar surface area (TPSA) is 70.1 Å². The second-order valence-electron chi connectivity index (χ2n) is 6.54. The van der Waals surface area contributed by atoms with Crippen molar-refractivity contribution in [3.8, 4) is 0 Å². The van der Waals surface area contributed by atoms with Crippen LogP contribution in [0.4, 0.5) is 9.18 Å². The summed E-state index contributed by atoms with van der Waals surface area (Å²) < 4.78 is 18.6. The lowest BCUT2D eigenvalue weighted by molar-refractivity contribution is 0.239. The Hall–Kier alpha value is -3.54. The fourth-order valence-corrected chi connectivity index (χ4v) is 3.32. The van der Waals surface area contributed by atoms with E-state index in [0.717, 1.165) is 22.0 Å². The van der Waals surface area contributed by atoms with E-state index >= 15 is 0 Å². The maximum atomic E-state index is 13.4. The molecule has 142 valence electrons. The van der Waals surface area contributed by atoms with E-state index in [0.29, 0.717) is 18.8 Å². The third-order valence-electron chi connectivity index (χ3n) is 4.74. The van der Waals surface area contributed by atoms with Crippen molar-refractivity contribution in [2.24, 2.45) is 0 Å². The molecule has 0 spiro atoms. The molecular weight excluding hydrogens is 357 g/mol. The molecule has 5 nitrogen and oxygen atoms in total. The Balaban J connectivity index is 1.53. The molecule has 2 aromatic heterocycles. The van der Waals surface area contributed by atoms with Crippen LogP contribution in [-0.4, -0.2) is 17.6 Å². The molecule has 2 heterocycles. The number of hydrogen-bond acceptors (Lipinski definition) is 2. The number of fused-ring (bicyclic) bond motifs is 1. The van der Waals surface area contributed by atoms with Gasteiger partial charge in [0.25, 0.3) is 0 Å². The van der Waals surface area contributed by atoms with Crippen LogP contribution in [0.2, 0.25) is 0 Å². The Labute approximate surface area is 161 Å². The summed E-state index contributed by atoms with van der Waals surface area (Å²) in [4.78, 5) is 15.5. The van der Waals surface area contributed by atoms with Gasteiger partial charge in [-0.2, -0.15) is 0 Å². The van der Waals surface area contributed by atoms with E-state index in [-0.39, 0.29) is 17.8 Å². The van der Waals surface area contributed by atoms with E-state index in [1.54, 1.807) is 30.5 Å². The van der Waals surface area contributed by atoms with E-state index in [9.17, 15) is 9.18 Å². The van der Waals surface area contributed by atoms with Gasteiger partial charge in [0.2, 0.25) is 0 Å². The first-order chi connectivity index (χ1) is 13.7. The molecule has 0 aliphatic carbocycles. The molecule has 0 saturated heterocycles. The highest BCUT2D eigenvalue weighted by atomic mass is 19.1. The van der Waals surface area contributed by atoms with Crippen LogP contribution in [0, 0.1) is 5.82 Å². The minimum absolute atomic E-state index is 0.119. The lowest BCUT2D eigenvalue weighted by atomic mass is 9.91. The molecular formula is C22H20FN3O2. The second-order valence-corrected chi connectivity index (χ2v) is 6.54. The maximum Gasteiger partial charge on any atom is 0.315 e. The second kappa shape index (κ2) is 8.00. The molecule has 28 heavy (non-hydrogen) atoms. The minimum Gasteiger partial charge on any atom is -0.467 e. The molecule has 4 aromatic rings. The van der Waals surface area contributed by atoms with Crippen LogP contribution >= 0.6 is 0 Å². The lowest BCUT2D eigenvalue weighted by Gasteiger charge is -2.18. The molecule has 0 aliphatic heterocycles. The molecule has 2 amide bonds. The predicted octanol–water partition coefficient (Wildman–Crippen LogP) is 4.53.